The van der Waals surface area contributed by atoms with Crippen LogP contribution in [0.25, 0.3) is 16.7 Å². The van der Waals surface area contributed by atoms with Gasteiger partial charge in [-0.15, -0.1) is 0 Å². The van der Waals surface area contributed by atoms with Crippen molar-refractivity contribution in [2.75, 3.05) is 4.43 Å². The van der Waals surface area contributed by atoms with Gasteiger partial charge in [0.25, 0.3) is 0 Å². The molecule has 1 aromatic heterocycles. The minimum Gasteiger partial charge on any atom is -0.284 e. The number of rotatable bonds is 5. The molecular formula is C22H18FIN2O. The van der Waals surface area contributed by atoms with Crippen molar-refractivity contribution in [1.82, 2.24) is 9.13 Å². The van der Waals surface area contributed by atoms with Crippen LogP contribution in [0.5, 0.6) is 0 Å². The maximum atomic E-state index is 13.5. The minimum absolute atomic E-state index is 0.0535. The second-order valence-corrected chi connectivity index (χ2v) is 7.44. The van der Waals surface area contributed by atoms with E-state index in [0.29, 0.717) is 5.69 Å². The largest absolute Gasteiger partial charge is 0.334 e. The van der Waals surface area contributed by atoms with Gasteiger partial charge in [-0.2, -0.15) is 0 Å². The van der Waals surface area contributed by atoms with E-state index in [0.717, 1.165) is 27.4 Å². The van der Waals surface area contributed by atoms with Crippen molar-refractivity contribution in [3.63, 3.8) is 0 Å². The molecule has 5 heteroatoms. The fraction of sp³-hybridized carbons (Fsp3) is 0.136. The van der Waals surface area contributed by atoms with Crippen LogP contribution in [0, 0.1) is 5.82 Å². The first-order valence-corrected chi connectivity index (χ1v) is 10.3. The van der Waals surface area contributed by atoms with Gasteiger partial charge >= 0.3 is 5.69 Å². The van der Waals surface area contributed by atoms with Crippen LogP contribution in [-0.2, 0) is 0 Å². The third-order valence-corrected chi connectivity index (χ3v) is 5.37. The predicted octanol–water partition coefficient (Wildman–Crippen LogP) is 5.35. The third kappa shape index (κ3) is 3.32. The van der Waals surface area contributed by atoms with Crippen LogP contribution in [0.3, 0.4) is 0 Å². The van der Waals surface area contributed by atoms with E-state index >= 15 is 0 Å². The summed E-state index contributed by atoms with van der Waals surface area (Å²) in [6, 6.07) is 23.9. The molecule has 0 N–H and O–H groups in total. The lowest BCUT2D eigenvalue weighted by molar-refractivity contribution is 0.566. The molecule has 0 saturated carbocycles. The second kappa shape index (κ2) is 7.68. The minimum atomic E-state index is -0.317. The maximum absolute atomic E-state index is 13.5. The van der Waals surface area contributed by atoms with Gasteiger partial charge in [-0.05, 0) is 48.4 Å². The van der Waals surface area contributed by atoms with E-state index in [9.17, 15) is 9.18 Å². The summed E-state index contributed by atoms with van der Waals surface area (Å²) in [7, 11) is 0. The molecule has 0 saturated heterocycles. The summed E-state index contributed by atoms with van der Waals surface area (Å²) in [5, 5.41) is 0. The average molecular weight is 472 g/mol. The van der Waals surface area contributed by atoms with Crippen molar-refractivity contribution in [1.29, 1.82) is 0 Å². The average Bonchev–Trinajstić information content (AvgIpc) is 2.99. The van der Waals surface area contributed by atoms with E-state index in [4.69, 9.17) is 0 Å². The Balaban J connectivity index is 2.00. The number of alkyl halides is 1. The Hall–Kier alpha value is -2.41. The second-order valence-electron chi connectivity index (χ2n) is 6.36. The highest BCUT2D eigenvalue weighted by Crippen LogP contribution is 2.27. The molecule has 4 rings (SSSR count). The zero-order valence-electron chi connectivity index (χ0n) is 14.6. The molecule has 3 aromatic carbocycles. The SMILES string of the molecule is O=c1n(-c2ccc(F)cc2)c2ccccc2n1C(CCI)c1ccccc1. The van der Waals surface area contributed by atoms with Crippen molar-refractivity contribution >= 4 is 33.6 Å². The lowest BCUT2D eigenvalue weighted by Gasteiger charge is -2.18. The van der Waals surface area contributed by atoms with Gasteiger partial charge in [0.05, 0.1) is 22.8 Å². The number of halogens is 2. The molecule has 0 aliphatic carbocycles. The summed E-state index contributed by atoms with van der Waals surface area (Å²) < 4.78 is 17.8. The molecule has 0 spiro atoms. The van der Waals surface area contributed by atoms with Gasteiger partial charge in [0.15, 0.2) is 0 Å². The van der Waals surface area contributed by atoms with Crippen molar-refractivity contribution in [3.8, 4) is 5.69 Å². The maximum Gasteiger partial charge on any atom is 0.334 e. The van der Waals surface area contributed by atoms with Crippen LogP contribution in [0.4, 0.5) is 4.39 Å². The van der Waals surface area contributed by atoms with E-state index in [1.54, 1.807) is 16.7 Å². The zero-order valence-corrected chi connectivity index (χ0v) is 16.7. The number of nitrogens with zero attached hydrogens (tertiary/aromatic N) is 2. The van der Waals surface area contributed by atoms with Gasteiger partial charge in [-0.1, -0.05) is 65.1 Å². The summed E-state index contributed by atoms with van der Waals surface area (Å²) in [6.07, 6.45) is 0.849. The zero-order chi connectivity index (χ0) is 18.8. The summed E-state index contributed by atoms with van der Waals surface area (Å²) in [4.78, 5) is 13.5. The number of imidazole rings is 1. The summed E-state index contributed by atoms with van der Waals surface area (Å²) in [6.45, 7) is 0. The first-order chi connectivity index (χ1) is 13.2. The van der Waals surface area contributed by atoms with Crippen LogP contribution < -0.4 is 5.69 Å². The molecule has 0 aliphatic heterocycles. The summed E-state index contributed by atoms with van der Waals surface area (Å²) >= 11 is 2.35. The van der Waals surface area contributed by atoms with Crippen LogP contribution in [0.15, 0.2) is 83.7 Å². The fourth-order valence-corrected chi connectivity index (χ4v) is 4.12. The number of fused-ring (bicyclic) bond motifs is 1. The Labute approximate surface area is 170 Å². The Kier molecular flexibility index (Phi) is 5.11. The van der Waals surface area contributed by atoms with Gasteiger partial charge < -0.3 is 0 Å². The number of aromatic nitrogens is 2. The standard InChI is InChI=1S/C22H18FIN2O/c23-17-10-12-18(13-11-17)25-20-8-4-5-9-21(20)26(22(25)27)19(14-15-24)16-6-2-1-3-7-16/h1-13,19H,14-15H2. The highest BCUT2D eigenvalue weighted by molar-refractivity contribution is 14.1. The van der Waals surface area contributed by atoms with Gasteiger partial charge in [0.1, 0.15) is 5.82 Å². The lowest BCUT2D eigenvalue weighted by Crippen LogP contribution is -2.27. The topological polar surface area (TPSA) is 26.9 Å². The third-order valence-electron chi connectivity index (χ3n) is 4.74. The Morgan fingerprint density at radius 3 is 2.15 bits per heavy atom. The number of hydrogen-bond acceptors (Lipinski definition) is 1. The molecule has 136 valence electrons. The molecule has 27 heavy (non-hydrogen) atoms. The monoisotopic (exact) mass is 472 g/mol. The van der Waals surface area contributed by atoms with Crippen molar-refractivity contribution in [2.45, 2.75) is 12.5 Å². The van der Waals surface area contributed by atoms with E-state index in [-0.39, 0.29) is 17.5 Å². The normalized spacial score (nSPS) is 12.4. The molecule has 0 amide bonds. The van der Waals surface area contributed by atoms with Crippen molar-refractivity contribution < 1.29 is 4.39 Å². The highest BCUT2D eigenvalue weighted by Gasteiger charge is 2.22. The smallest absolute Gasteiger partial charge is 0.284 e. The Bertz CT molecular complexity index is 1120. The molecule has 1 atom stereocenters. The molecule has 0 radical (unpaired) electrons. The summed E-state index contributed by atoms with van der Waals surface area (Å²) in [5.74, 6) is -0.317. The van der Waals surface area contributed by atoms with Gasteiger partial charge in [0, 0.05) is 4.43 Å². The lowest BCUT2D eigenvalue weighted by atomic mass is 10.0. The van der Waals surface area contributed by atoms with Gasteiger partial charge in [-0.3, -0.25) is 9.13 Å². The number of para-hydroxylation sites is 2. The molecule has 0 aliphatic rings. The van der Waals surface area contributed by atoms with Crippen LogP contribution in [-0.4, -0.2) is 13.6 Å². The van der Waals surface area contributed by atoms with Gasteiger partial charge in [0.2, 0.25) is 0 Å². The molecule has 1 unspecified atom stereocenters. The van der Waals surface area contributed by atoms with Crippen molar-refractivity contribution in [2.24, 2.45) is 0 Å². The van der Waals surface area contributed by atoms with E-state index in [1.165, 1.54) is 12.1 Å². The summed E-state index contributed by atoms with van der Waals surface area (Å²) in [5.41, 5.74) is 3.37. The molecule has 4 aromatic rings. The molecular weight excluding hydrogens is 454 g/mol. The number of benzene rings is 3. The van der Waals surface area contributed by atoms with Gasteiger partial charge in [-0.25, -0.2) is 9.18 Å². The molecule has 1 heterocycles. The van der Waals surface area contributed by atoms with E-state index in [2.05, 4.69) is 34.7 Å². The molecule has 3 nitrogen and oxygen atoms in total. The highest BCUT2D eigenvalue weighted by atomic mass is 127. The van der Waals surface area contributed by atoms with Crippen LogP contribution in [0.1, 0.15) is 18.0 Å². The van der Waals surface area contributed by atoms with Crippen LogP contribution in [0.2, 0.25) is 0 Å². The predicted molar refractivity (Wildman–Crippen MR) is 116 cm³/mol. The quantitative estimate of drug-likeness (QED) is 0.285. The van der Waals surface area contributed by atoms with Crippen LogP contribution >= 0.6 is 22.6 Å². The van der Waals surface area contributed by atoms with Crippen molar-refractivity contribution in [3.05, 3.63) is 101 Å². The first-order valence-electron chi connectivity index (χ1n) is 8.79. The number of hydrogen-bond donors (Lipinski definition) is 0. The van der Waals surface area contributed by atoms with E-state index in [1.807, 2.05) is 47.0 Å². The first kappa shape index (κ1) is 18.0. The van der Waals surface area contributed by atoms with E-state index < -0.39 is 0 Å². The fourth-order valence-electron chi connectivity index (χ4n) is 3.54. The molecule has 0 fully saturated rings. The molecule has 0 bridgehead atoms. The Morgan fingerprint density at radius 1 is 0.852 bits per heavy atom. The Morgan fingerprint density at radius 2 is 1.48 bits per heavy atom.